The van der Waals surface area contributed by atoms with Crippen LogP contribution in [0.15, 0.2) is 30.5 Å². The Morgan fingerprint density at radius 1 is 1.30 bits per heavy atom. The van der Waals surface area contributed by atoms with E-state index >= 15 is 0 Å². The fraction of sp³-hybridized carbons (Fsp3) is 0.312. The largest absolute Gasteiger partial charge is 0.336 e. The molecule has 0 aliphatic carbocycles. The zero-order chi connectivity index (χ0) is 16.0. The van der Waals surface area contributed by atoms with Crippen LogP contribution in [-0.2, 0) is 0 Å². The molecule has 6 nitrogen and oxygen atoms in total. The molecule has 1 aromatic heterocycles. The lowest BCUT2D eigenvalue weighted by atomic mass is 10.0. The van der Waals surface area contributed by atoms with Gasteiger partial charge in [0.1, 0.15) is 0 Å². The maximum Gasteiger partial charge on any atom is 0.317 e. The number of hydrogen-bond acceptors (Lipinski definition) is 3. The minimum Gasteiger partial charge on any atom is -0.336 e. The number of amides is 3. The lowest BCUT2D eigenvalue weighted by Crippen LogP contribution is -2.61. The molecule has 4 rings (SSSR count). The van der Waals surface area contributed by atoms with Crippen molar-refractivity contribution < 1.29 is 9.59 Å². The summed E-state index contributed by atoms with van der Waals surface area (Å²) in [5, 5.41) is 4.18. The van der Waals surface area contributed by atoms with Crippen molar-refractivity contribution in [2.45, 2.75) is 6.04 Å². The van der Waals surface area contributed by atoms with Gasteiger partial charge in [-0.3, -0.25) is 9.78 Å². The number of likely N-dealkylation sites (tertiary alicyclic amines) is 1. The molecule has 2 saturated heterocycles. The molecule has 2 fully saturated rings. The van der Waals surface area contributed by atoms with E-state index in [-0.39, 0.29) is 18.0 Å². The van der Waals surface area contributed by atoms with Crippen LogP contribution in [-0.4, -0.2) is 58.9 Å². The summed E-state index contributed by atoms with van der Waals surface area (Å²) >= 11 is 5.98. The minimum absolute atomic E-state index is 0.0319. The maximum absolute atomic E-state index is 12.7. The number of nitrogens with one attached hydrogen (secondary N) is 1. The third-order valence-corrected chi connectivity index (χ3v) is 4.65. The first kappa shape index (κ1) is 14.3. The van der Waals surface area contributed by atoms with Crippen molar-refractivity contribution in [1.29, 1.82) is 0 Å². The Labute approximate surface area is 138 Å². The van der Waals surface area contributed by atoms with Gasteiger partial charge in [-0.1, -0.05) is 17.7 Å². The molecule has 2 aliphatic rings. The van der Waals surface area contributed by atoms with Gasteiger partial charge in [0.05, 0.1) is 17.1 Å². The number of hydrogen-bond donors (Lipinski definition) is 1. The van der Waals surface area contributed by atoms with E-state index in [1.807, 2.05) is 6.07 Å². The van der Waals surface area contributed by atoms with Crippen LogP contribution in [0.5, 0.6) is 0 Å². The molecule has 3 amide bonds. The van der Waals surface area contributed by atoms with Gasteiger partial charge in [0.15, 0.2) is 0 Å². The highest BCUT2D eigenvalue weighted by atomic mass is 35.5. The van der Waals surface area contributed by atoms with Gasteiger partial charge in [0, 0.05) is 42.8 Å². The fourth-order valence-electron chi connectivity index (χ4n) is 3.13. The number of carbonyl (C=O) groups excluding carboxylic acids is 2. The molecule has 0 spiro atoms. The Morgan fingerprint density at radius 2 is 2.13 bits per heavy atom. The van der Waals surface area contributed by atoms with Crippen LogP contribution in [0.3, 0.4) is 0 Å². The predicted octanol–water partition coefficient (Wildman–Crippen LogP) is 1.74. The summed E-state index contributed by atoms with van der Waals surface area (Å²) in [7, 11) is 0. The summed E-state index contributed by atoms with van der Waals surface area (Å²) in [6, 6.07) is 7.14. The van der Waals surface area contributed by atoms with E-state index < -0.39 is 0 Å². The standard InChI is InChI=1S/C16H15ClN4O2/c17-10-1-2-12-13(3-4-18-14(12)7-10)15(22)20-8-11(9-20)21-6-5-19-16(21)23/h1-4,7,11H,5-6,8-9H2,(H,19,23). The van der Waals surface area contributed by atoms with E-state index in [2.05, 4.69) is 10.3 Å². The van der Waals surface area contributed by atoms with Crippen LogP contribution in [0.1, 0.15) is 10.4 Å². The van der Waals surface area contributed by atoms with Crippen molar-refractivity contribution in [1.82, 2.24) is 20.1 Å². The van der Waals surface area contributed by atoms with Crippen molar-refractivity contribution in [2.24, 2.45) is 0 Å². The second kappa shape index (κ2) is 5.38. The normalized spacial score (nSPS) is 18.2. The Hall–Kier alpha value is -2.34. The van der Waals surface area contributed by atoms with Crippen molar-refractivity contribution in [3.63, 3.8) is 0 Å². The molecule has 2 aliphatic heterocycles. The number of benzene rings is 1. The average molecular weight is 331 g/mol. The Morgan fingerprint density at radius 3 is 2.87 bits per heavy atom. The van der Waals surface area contributed by atoms with Crippen LogP contribution < -0.4 is 5.32 Å². The summed E-state index contributed by atoms with van der Waals surface area (Å²) in [5.74, 6) is -0.0319. The van der Waals surface area contributed by atoms with Crippen molar-refractivity contribution in [3.8, 4) is 0 Å². The van der Waals surface area contributed by atoms with Gasteiger partial charge < -0.3 is 15.1 Å². The second-order valence-corrected chi connectivity index (χ2v) is 6.25. The molecule has 0 bridgehead atoms. The number of carbonyl (C=O) groups is 2. The van der Waals surface area contributed by atoms with Crippen LogP contribution in [0.25, 0.3) is 10.9 Å². The maximum atomic E-state index is 12.7. The SMILES string of the molecule is O=C(c1ccnc2cc(Cl)ccc12)N1CC(N2CCNC2=O)C1. The summed E-state index contributed by atoms with van der Waals surface area (Å²) in [4.78, 5) is 32.2. The highest BCUT2D eigenvalue weighted by Crippen LogP contribution is 2.25. The lowest BCUT2D eigenvalue weighted by Gasteiger charge is -2.43. The van der Waals surface area contributed by atoms with E-state index in [0.717, 1.165) is 5.39 Å². The molecule has 2 aromatic rings. The molecule has 0 atom stereocenters. The van der Waals surface area contributed by atoms with E-state index in [0.29, 0.717) is 42.3 Å². The van der Waals surface area contributed by atoms with Crippen LogP contribution in [0.2, 0.25) is 5.02 Å². The first-order chi connectivity index (χ1) is 11.1. The van der Waals surface area contributed by atoms with Crippen LogP contribution >= 0.6 is 11.6 Å². The first-order valence-electron chi connectivity index (χ1n) is 7.51. The monoisotopic (exact) mass is 330 g/mol. The highest BCUT2D eigenvalue weighted by molar-refractivity contribution is 6.31. The summed E-state index contributed by atoms with van der Waals surface area (Å²) in [6.07, 6.45) is 1.62. The Bertz CT molecular complexity index is 804. The third kappa shape index (κ3) is 2.39. The van der Waals surface area contributed by atoms with Gasteiger partial charge in [-0.2, -0.15) is 0 Å². The number of rotatable bonds is 2. The predicted molar refractivity (Wildman–Crippen MR) is 86.5 cm³/mol. The van der Waals surface area contributed by atoms with Crippen molar-refractivity contribution in [2.75, 3.05) is 26.2 Å². The number of fused-ring (bicyclic) bond motifs is 1. The molecule has 0 saturated carbocycles. The van der Waals surface area contributed by atoms with Gasteiger partial charge in [-0.15, -0.1) is 0 Å². The summed E-state index contributed by atoms with van der Waals surface area (Å²) in [5.41, 5.74) is 1.33. The van der Waals surface area contributed by atoms with Gasteiger partial charge in [0.25, 0.3) is 5.91 Å². The lowest BCUT2D eigenvalue weighted by molar-refractivity contribution is 0.0408. The quantitative estimate of drug-likeness (QED) is 0.912. The molecule has 0 radical (unpaired) electrons. The molecule has 1 aromatic carbocycles. The van der Waals surface area contributed by atoms with Gasteiger partial charge in [-0.05, 0) is 18.2 Å². The van der Waals surface area contributed by atoms with Gasteiger partial charge in [-0.25, -0.2) is 4.79 Å². The van der Waals surface area contributed by atoms with E-state index in [4.69, 9.17) is 11.6 Å². The molecule has 23 heavy (non-hydrogen) atoms. The Kier molecular flexibility index (Phi) is 3.34. The molecule has 1 N–H and O–H groups in total. The van der Waals surface area contributed by atoms with E-state index in [1.165, 1.54) is 0 Å². The smallest absolute Gasteiger partial charge is 0.317 e. The van der Waals surface area contributed by atoms with E-state index in [1.54, 1.807) is 34.2 Å². The number of pyridine rings is 1. The first-order valence-corrected chi connectivity index (χ1v) is 7.89. The minimum atomic E-state index is -0.0360. The van der Waals surface area contributed by atoms with Gasteiger partial charge >= 0.3 is 6.03 Å². The van der Waals surface area contributed by atoms with Gasteiger partial charge in [0.2, 0.25) is 0 Å². The fourth-order valence-corrected chi connectivity index (χ4v) is 3.30. The topological polar surface area (TPSA) is 65.5 Å². The second-order valence-electron chi connectivity index (χ2n) is 5.81. The Balaban J connectivity index is 1.53. The van der Waals surface area contributed by atoms with Crippen LogP contribution in [0, 0.1) is 0 Å². The third-order valence-electron chi connectivity index (χ3n) is 4.42. The molecule has 118 valence electrons. The molecule has 3 heterocycles. The highest BCUT2D eigenvalue weighted by Gasteiger charge is 2.39. The number of urea groups is 1. The van der Waals surface area contributed by atoms with E-state index in [9.17, 15) is 9.59 Å². The number of aromatic nitrogens is 1. The zero-order valence-electron chi connectivity index (χ0n) is 12.3. The van der Waals surface area contributed by atoms with Crippen molar-refractivity contribution >= 4 is 34.4 Å². The average Bonchev–Trinajstić information content (AvgIpc) is 2.91. The summed E-state index contributed by atoms with van der Waals surface area (Å²) < 4.78 is 0. The molecular formula is C16H15ClN4O2. The number of halogens is 1. The molecule has 7 heteroatoms. The summed E-state index contributed by atoms with van der Waals surface area (Å²) in [6.45, 7) is 2.54. The molecular weight excluding hydrogens is 316 g/mol. The van der Waals surface area contributed by atoms with Crippen molar-refractivity contribution in [3.05, 3.63) is 41.0 Å². The zero-order valence-corrected chi connectivity index (χ0v) is 13.1. The molecule has 0 unspecified atom stereocenters. The number of nitrogens with zero attached hydrogens (tertiary/aromatic N) is 3. The van der Waals surface area contributed by atoms with Crippen LogP contribution in [0.4, 0.5) is 4.79 Å².